The standard InChI is InChI=1S/C19H20N4O/c1-12-10-14(8-9-21-12)13-4-3-5-16(11-13)19(15-6-7-15)17(24)23(2)18(20)22-19/h3-5,8-11,15H,6-7H2,1-2H3,(H2,20,22). The van der Waals surface area contributed by atoms with Gasteiger partial charge in [-0.25, -0.2) is 0 Å². The van der Waals surface area contributed by atoms with Gasteiger partial charge in [0.2, 0.25) is 0 Å². The molecule has 0 bridgehead atoms. The van der Waals surface area contributed by atoms with Gasteiger partial charge in [-0.05, 0) is 60.6 Å². The van der Waals surface area contributed by atoms with Crippen molar-refractivity contribution < 1.29 is 4.79 Å². The van der Waals surface area contributed by atoms with Gasteiger partial charge in [-0.1, -0.05) is 18.2 Å². The van der Waals surface area contributed by atoms with Crippen LogP contribution in [0.1, 0.15) is 24.1 Å². The fourth-order valence-corrected chi connectivity index (χ4v) is 3.58. The first-order valence-corrected chi connectivity index (χ1v) is 8.21. The SMILES string of the molecule is Cc1cc(-c2cccc(C3(C4CC4)NC(=N)N(C)C3=O)c2)ccn1. The van der Waals surface area contributed by atoms with Crippen molar-refractivity contribution in [1.82, 2.24) is 15.2 Å². The van der Waals surface area contributed by atoms with Crippen molar-refractivity contribution >= 4 is 11.9 Å². The number of nitrogens with zero attached hydrogens (tertiary/aromatic N) is 2. The van der Waals surface area contributed by atoms with E-state index in [0.29, 0.717) is 0 Å². The first-order valence-electron chi connectivity index (χ1n) is 8.21. The topological polar surface area (TPSA) is 69.1 Å². The van der Waals surface area contributed by atoms with Crippen molar-refractivity contribution in [2.75, 3.05) is 7.05 Å². The number of nitrogens with one attached hydrogen (secondary N) is 2. The highest BCUT2D eigenvalue weighted by Gasteiger charge is 2.58. The van der Waals surface area contributed by atoms with Crippen LogP contribution in [0.2, 0.25) is 0 Å². The molecule has 2 N–H and O–H groups in total. The third kappa shape index (κ3) is 2.12. The zero-order valence-corrected chi connectivity index (χ0v) is 13.8. The predicted molar refractivity (Wildman–Crippen MR) is 92.4 cm³/mol. The van der Waals surface area contributed by atoms with Crippen LogP contribution in [-0.2, 0) is 10.3 Å². The van der Waals surface area contributed by atoms with Gasteiger partial charge in [-0.15, -0.1) is 0 Å². The van der Waals surface area contributed by atoms with Crippen LogP contribution in [0.3, 0.4) is 0 Å². The number of carbonyl (C=O) groups is 1. The lowest BCUT2D eigenvalue weighted by Gasteiger charge is -2.28. The second-order valence-corrected chi connectivity index (χ2v) is 6.69. The highest BCUT2D eigenvalue weighted by Crippen LogP contribution is 2.49. The number of aryl methyl sites for hydroxylation is 1. The van der Waals surface area contributed by atoms with E-state index in [1.165, 1.54) is 4.90 Å². The molecule has 1 atom stereocenters. The zero-order chi connectivity index (χ0) is 16.9. The molecule has 1 aliphatic carbocycles. The molecule has 1 unspecified atom stereocenters. The van der Waals surface area contributed by atoms with E-state index < -0.39 is 5.54 Å². The number of benzene rings is 1. The molecule has 0 radical (unpaired) electrons. The predicted octanol–water partition coefficient (Wildman–Crippen LogP) is 2.66. The van der Waals surface area contributed by atoms with Gasteiger partial charge in [0.15, 0.2) is 5.96 Å². The maximum atomic E-state index is 12.9. The number of rotatable bonds is 3. The quantitative estimate of drug-likeness (QED) is 0.913. The fourth-order valence-electron chi connectivity index (χ4n) is 3.58. The molecular formula is C19H20N4O. The summed E-state index contributed by atoms with van der Waals surface area (Å²) in [6, 6.07) is 12.1. The van der Waals surface area contributed by atoms with Gasteiger partial charge in [0.1, 0.15) is 5.54 Å². The highest BCUT2D eigenvalue weighted by molar-refractivity contribution is 6.08. The third-order valence-electron chi connectivity index (χ3n) is 5.03. The molecule has 1 saturated carbocycles. The van der Waals surface area contributed by atoms with Crippen molar-refractivity contribution in [2.45, 2.75) is 25.3 Å². The van der Waals surface area contributed by atoms with Crippen molar-refractivity contribution in [3.05, 3.63) is 53.9 Å². The molecule has 1 saturated heterocycles. The lowest BCUT2D eigenvalue weighted by Crippen LogP contribution is -2.46. The van der Waals surface area contributed by atoms with Crippen LogP contribution in [0.5, 0.6) is 0 Å². The first kappa shape index (κ1) is 14.9. The summed E-state index contributed by atoms with van der Waals surface area (Å²) >= 11 is 0. The average molecular weight is 320 g/mol. The minimum atomic E-state index is -0.788. The Kier molecular flexibility index (Phi) is 3.20. The summed E-state index contributed by atoms with van der Waals surface area (Å²) in [7, 11) is 1.66. The number of guanidine groups is 1. The molecule has 5 heteroatoms. The molecule has 1 amide bonds. The van der Waals surface area contributed by atoms with Gasteiger partial charge >= 0.3 is 0 Å². The van der Waals surface area contributed by atoms with Gasteiger partial charge in [-0.2, -0.15) is 0 Å². The summed E-state index contributed by atoms with van der Waals surface area (Å²) in [6.45, 7) is 1.97. The lowest BCUT2D eigenvalue weighted by molar-refractivity contribution is -0.131. The monoisotopic (exact) mass is 320 g/mol. The van der Waals surface area contributed by atoms with E-state index in [1.807, 2.05) is 37.3 Å². The Bertz CT molecular complexity index is 843. The normalized spacial score (nSPS) is 23.5. The van der Waals surface area contributed by atoms with Crippen LogP contribution >= 0.6 is 0 Å². The van der Waals surface area contributed by atoms with Crippen molar-refractivity contribution in [2.24, 2.45) is 5.92 Å². The van der Waals surface area contributed by atoms with Gasteiger partial charge in [0, 0.05) is 18.9 Å². The molecule has 4 rings (SSSR count). The van der Waals surface area contributed by atoms with E-state index in [4.69, 9.17) is 5.41 Å². The molecule has 1 aromatic heterocycles. The van der Waals surface area contributed by atoms with Crippen LogP contribution in [0.15, 0.2) is 42.6 Å². The summed E-state index contributed by atoms with van der Waals surface area (Å²) in [6.07, 6.45) is 3.83. The molecule has 0 spiro atoms. The molecule has 24 heavy (non-hydrogen) atoms. The fraction of sp³-hybridized carbons (Fsp3) is 0.316. The van der Waals surface area contributed by atoms with E-state index in [1.54, 1.807) is 13.2 Å². The molecule has 2 aliphatic rings. The van der Waals surface area contributed by atoms with Crippen molar-refractivity contribution in [1.29, 1.82) is 5.41 Å². The summed E-state index contributed by atoms with van der Waals surface area (Å²) in [5, 5.41) is 11.2. The number of aromatic nitrogens is 1. The summed E-state index contributed by atoms with van der Waals surface area (Å²) in [4.78, 5) is 18.6. The second kappa shape index (κ2) is 5.16. The molecule has 2 aromatic rings. The smallest absolute Gasteiger partial charge is 0.259 e. The Hall–Kier alpha value is -2.69. The number of carbonyl (C=O) groups excluding carboxylic acids is 1. The van der Waals surface area contributed by atoms with Gasteiger partial charge in [0.25, 0.3) is 5.91 Å². The molecule has 1 aliphatic heterocycles. The first-order chi connectivity index (χ1) is 11.5. The molecule has 5 nitrogen and oxygen atoms in total. The van der Waals surface area contributed by atoms with E-state index in [2.05, 4.69) is 16.4 Å². The molecule has 1 aromatic carbocycles. The van der Waals surface area contributed by atoms with Crippen LogP contribution < -0.4 is 5.32 Å². The Morgan fingerprint density at radius 2 is 2.00 bits per heavy atom. The van der Waals surface area contributed by atoms with Crippen LogP contribution in [0.25, 0.3) is 11.1 Å². The number of amides is 1. The zero-order valence-electron chi connectivity index (χ0n) is 13.8. The number of pyridine rings is 1. The summed E-state index contributed by atoms with van der Waals surface area (Å²) < 4.78 is 0. The molecule has 2 heterocycles. The van der Waals surface area contributed by atoms with Crippen LogP contribution in [-0.4, -0.2) is 28.8 Å². The van der Waals surface area contributed by atoms with Gasteiger partial charge in [0.05, 0.1) is 0 Å². The van der Waals surface area contributed by atoms with Gasteiger partial charge < -0.3 is 5.32 Å². The molecule has 2 fully saturated rings. The third-order valence-corrected chi connectivity index (χ3v) is 5.03. The Morgan fingerprint density at radius 1 is 1.25 bits per heavy atom. The molecule has 122 valence electrons. The minimum Gasteiger partial charge on any atom is -0.338 e. The lowest BCUT2D eigenvalue weighted by atomic mass is 9.83. The van der Waals surface area contributed by atoms with E-state index >= 15 is 0 Å². The summed E-state index contributed by atoms with van der Waals surface area (Å²) in [5.41, 5.74) is 3.27. The maximum Gasteiger partial charge on any atom is 0.259 e. The van der Waals surface area contributed by atoms with Crippen LogP contribution in [0.4, 0.5) is 0 Å². The Balaban J connectivity index is 1.82. The number of hydrogen-bond acceptors (Lipinski definition) is 3. The van der Waals surface area contributed by atoms with E-state index in [0.717, 1.165) is 35.2 Å². The largest absolute Gasteiger partial charge is 0.338 e. The minimum absolute atomic E-state index is 0.0296. The maximum absolute atomic E-state index is 12.9. The van der Waals surface area contributed by atoms with Crippen LogP contribution in [0, 0.1) is 18.3 Å². The van der Waals surface area contributed by atoms with Crippen molar-refractivity contribution in [3.63, 3.8) is 0 Å². The van der Waals surface area contributed by atoms with E-state index in [-0.39, 0.29) is 17.8 Å². The summed E-state index contributed by atoms with van der Waals surface area (Å²) in [5.74, 6) is 0.403. The van der Waals surface area contributed by atoms with Crippen molar-refractivity contribution in [3.8, 4) is 11.1 Å². The van der Waals surface area contributed by atoms with E-state index in [9.17, 15) is 4.79 Å². The highest BCUT2D eigenvalue weighted by atomic mass is 16.2. The Morgan fingerprint density at radius 3 is 2.62 bits per heavy atom. The number of likely N-dealkylation sites (N-methyl/N-ethyl adjacent to an activating group) is 1. The second-order valence-electron chi connectivity index (χ2n) is 6.69. The Labute approximate surface area is 141 Å². The number of hydrogen-bond donors (Lipinski definition) is 2. The average Bonchev–Trinajstić information content (AvgIpc) is 3.40. The van der Waals surface area contributed by atoms with Gasteiger partial charge in [-0.3, -0.25) is 20.1 Å². The molecular weight excluding hydrogens is 300 g/mol.